The summed E-state index contributed by atoms with van der Waals surface area (Å²) >= 11 is 0. The third kappa shape index (κ3) is 7.16. The molecule has 4 rings (SSSR count). The van der Waals surface area contributed by atoms with Crippen molar-refractivity contribution in [2.75, 3.05) is 78.4 Å². The molecule has 1 N–H and O–H groups in total. The van der Waals surface area contributed by atoms with Crippen molar-refractivity contribution in [1.82, 2.24) is 24.3 Å². The van der Waals surface area contributed by atoms with E-state index < -0.39 is 22.0 Å². The number of likely N-dealkylation sites (N-methyl/N-ethyl adjacent to an activating group) is 1. The lowest BCUT2D eigenvalue weighted by Crippen LogP contribution is -2.62. The maximum Gasteiger partial charge on any atom is 0.243 e. The molecule has 2 amide bonds. The molecule has 1 atom stereocenters. The lowest BCUT2D eigenvalue weighted by molar-refractivity contribution is -0.137. The van der Waals surface area contributed by atoms with Crippen molar-refractivity contribution in [3.8, 4) is 0 Å². The number of carbonyl (C=O) groups is 2. The fourth-order valence-corrected chi connectivity index (χ4v) is 6.43. The summed E-state index contributed by atoms with van der Waals surface area (Å²) in [5, 5.41) is 2.91. The Balaban J connectivity index is 1.50. The zero-order chi connectivity index (χ0) is 28.2. The Bertz CT molecular complexity index is 1240. The highest BCUT2D eigenvalue weighted by molar-refractivity contribution is 7.89. The average Bonchev–Trinajstić information content (AvgIpc) is 2.93. The van der Waals surface area contributed by atoms with Crippen molar-refractivity contribution in [2.45, 2.75) is 24.4 Å². The summed E-state index contributed by atoms with van der Waals surface area (Å²) in [7, 11) is 2.04. The Hall–Kier alpha value is -2.99. The molecule has 2 aliphatic heterocycles. The van der Waals surface area contributed by atoms with E-state index in [0.717, 1.165) is 43.0 Å². The molecule has 0 aliphatic carbocycles. The third-order valence-corrected chi connectivity index (χ3v) is 9.41. The highest BCUT2D eigenvalue weighted by atomic mass is 32.2. The number of hydrogen-bond acceptors (Lipinski definition) is 7. The molecule has 212 valence electrons. The van der Waals surface area contributed by atoms with Crippen LogP contribution in [0.4, 0.5) is 5.69 Å². The Kier molecular flexibility index (Phi) is 9.27. The number of anilines is 1. The smallest absolute Gasteiger partial charge is 0.243 e. The van der Waals surface area contributed by atoms with Gasteiger partial charge in [0.2, 0.25) is 21.8 Å². The quantitative estimate of drug-likeness (QED) is 0.515. The van der Waals surface area contributed by atoms with E-state index in [4.69, 9.17) is 0 Å². The molecule has 0 saturated carbocycles. The maximum absolute atomic E-state index is 13.6. The zero-order valence-corrected chi connectivity index (χ0v) is 24.2. The molecule has 2 aliphatic rings. The van der Waals surface area contributed by atoms with Gasteiger partial charge in [0.1, 0.15) is 6.04 Å². The number of rotatable bonds is 8. The van der Waals surface area contributed by atoms with Gasteiger partial charge in [0.15, 0.2) is 0 Å². The van der Waals surface area contributed by atoms with Crippen LogP contribution < -0.4 is 10.2 Å². The first-order chi connectivity index (χ1) is 18.5. The van der Waals surface area contributed by atoms with Crippen LogP contribution in [0.15, 0.2) is 53.4 Å². The fourth-order valence-electron chi connectivity index (χ4n) is 4.86. The third-order valence-electron chi connectivity index (χ3n) is 7.49. The molecule has 2 saturated heterocycles. The van der Waals surface area contributed by atoms with Gasteiger partial charge < -0.3 is 20.0 Å². The van der Waals surface area contributed by atoms with Crippen LogP contribution in [0.25, 0.3) is 0 Å². The topological polar surface area (TPSA) is 96.5 Å². The predicted octanol–water partition coefficient (Wildman–Crippen LogP) is 0.826. The van der Waals surface area contributed by atoms with Gasteiger partial charge in [-0.1, -0.05) is 29.8 Å². The molecule has 11 heteroatoms. The molecule has 0 spiro atoms. The van der Waals surface area contributed by atoms with Crippen LogP contribution in [-0.4, -0.2) is 119 Å². The number of aryl methyl sites for hydroxylation is 1. The van der Waals surface area contributed by atoms with E-state index >= 15 is 0 Å². The lowest BCUT2D eigenvalue weighted by Gasteiger charge is -2.40. The molecule has 2 aromatic carbocycles. The molecule has 0 radical (unpaired) electrons. The van der Waals surface area contributed by atoms with E-state index in [2.05, 4.69) is 22.2 Å². The van der Waals surface area contributed by atoms with E-state index in [1.807, 2.05) is 50.2 Å². The van der Waals surface area contributed by atoms with Crippen LogP contribution >= 0.6 is 0 Å². The minimum atomic E-state index is -3.94. The molecule has 2 fully saturated rings. The minimum absolute atomic E-state index is 0.0169. The molecular formula is C28H40N6O4S. The van der Waals surface area contributed by atoms with Gasteiger partial charge in [0.05, 0.1) is 11.4 Å². The van der Waals surface area contributed by atoms with Crippen LogP contribution in [0.5, 0.6) is 0 Å². The van der Waals surface area contributed by atoms with Gasteiger partial charge in [-0.3, -0.25) is 14.5 Å². The van der Waals surface area contributed by atoms with Crippen molar-refractivity contribution in [2.24, 2.45) is 0 Å². The Morgan fingerprint density at radius 2 is 1.56 bits per heavy atom. The van der Waals surface area contributed by atoms with E-state index in [-0.39, 0.29) is 43.5 Å². The number of sulfonamides is 1. The second-order valence-corrected chi connectivity index (χ2v) is 12.5. The first-order valence-corrected chi connectivity index (χ1v) is 14.8. The van der Waals surface area contributed by atoms with Gasteiger partial charge >= 0.3 is 0 Å². The van der Waals surface area contributed by atoms with Gasteiger partial charge in [0.25, 0.3) is 0 Å². The van der Waals surface area contributed by atoms with Gasteiger partial charge in [-0.15, -0.1) is 0 Å². The fraction of sp³-hybridized carbons (Fsp3) is 0.500. The molecule has 2 heterocycles. The number of piperazine rings is 2. The first kappa shape index (κ1) is 29.0. The Morgan fingerprint density at radius 3 is 2.18 bits per heavy atom. The minimum Gasteiger partial charge on any atom is -0.378 e. The van der Waals surface area contributed by atoms with Crippen LogP contribution in [0.2, 0.25) is 0 Å². The number of benzene rings is 2. The first-order valence-electron chi connectivity index (χ1n) is 13.4. The molecule has 39 heavy (non-hydrogen) atoms. The van der Waals surface area contributed by atoms with Gasteiger partial charge in [-0.05, 0) is 43.8 Å². The van der Waals surface area contributed by atoms with Gasteiger partial charge in [0, 0.05) is 72.1 Å². The van der Waals surface area contributed by atoms with Crippen molar-refractivity contribution >= 4 is 27.5 Å². The van der Waals surface area contributed by atoms with Crippen molar-refractivity contribution < 1.29 is 18.0 Å². The van der Waals surface area contributed by atoms with Gasteiger partial charge in [-0.25, -0.2) is 8.42 Å². The molecule has 0 bridgehead atoms. The number of amides is 2. The monoisotopic (exact) mass is 556 g/mol. The van der Waals surface area contributed by atoms with Crippen LogP contribution in [-0.2, 0) is 26.2 Å². The van der Waals surface area contributed by atoms with Crippen LogP contribution in [0.1, 0.15) is 11.1 Å². The van der Waals surface area contributed by atoms with E-state index in [1.165, 1.54) is 4.31 Å². The summed E-state index contributed by atoms with van der Waals surface area (Å²) in [6, 6.07) is 13.4. The summed E-state index contributed by atoms with van der Waals surface area (Å²) in [4.78, 5) is 34.8. The maximum atomic E-state index is 13.6. The molecule has 2 aromatic rings. The van der Waals surface area contributed by atoms with Crippen molar-refractivity contribution in [3.63, 3.8) is 0 Å². The highest BCUT2D eigenvalue weighted by Crippen LogP contribution is 2.23. The van der Waals surface area contributed by atoms with Crippen LogP contribution in [0, 0.1) is 6.92 Å². The van der Waals surface area contributed by atoms with E-state index in [0.29, 0.717) is 0 Å². The Labute approximate surface area is 232 Å². The Morgan fingerprint density at radius 1 is 0.923 bits per heavy atom. The zero-order valence-electron chi connectivity index (χ0n) is 23.3. The summed E-state index contributed by atoms with van der Waals surface area (Å²) < 4.78 is 28.5. The number of carbonyl (C=O) groups excluding carboxylic acids is 2. The van der Waals surface area contributed by atoms with Crippen molar-refractivity contribution in [3.05, 3.63) is 59.7 Å². The van der Waals surface area contributed by atoms with E-state index in [9.17, 15) is 18.0 Å². The van der Waals surface area contributed by atoms with Crippen molar-refractivity contribution in [1.29, 1.82) is 0 Å². The van der Waals surface area contributed by atoms with E-state index in [1.54, 1.807) is 29.2 Å². The molecule has 10 nitrogen and oxygen atoms in total. The highest BCUT2D eigenvalue weighted by Gasteiger charge is 2.41. The standard InChI is InChI=1S/C28H40N6O4S/c1-22-5-11-25(12-6-22)39(37,38)34-18-17-33(27(35)21-32-15-13-31(4)14-16-32)20-26(34)28(36)29-19-23-7-9-24(10-8-23)30(2)3/h5-12,26H,13-21H2,1-4H3,(H,29,36). The largest absolute Gasteiger partial charge is 0.378 e. The number of nitrogens with one attached hydrogen (secondary N) is 1. The van der Waals surface area contributed by atoms with Crippen LogP contribution in [0.3, 0.4) is 0 Å². The predicted molar refractivity (Wildman–Crippen MR) is 152 cm³/mol. The SMILES string of the molecule is Cc1ccc(S(=O)(=O)N2CCN(C(=O)CN3CCN(C)CC3)CC2C(=O)NCc2ccc(N(C)C)cc2)cc1. The summed E-state index contributed by atoms with van der Waals surface area (Å²) in [6.07, 6.45) is 0. The molecule has 0 aromatic heterocycles. The second-order valence-electron chi connectivity index (χ2n) is 10.6. The number of hydrogen-bond donors (Lipinski definition) is 1. The number of nitrogens with zero attached hydrogens (tertiary/aromatic N) is 5. The molecular weight excluding hydrogens is 516 g/mol. The lowest BCUT2D eigenvalue weighted by atomic mass is 10.1. The summed E-state index contributed by atoms with van der Waals surface area (Å²) in [5.41, 5.74) is 2.89. The normalized spacial score (nSPS) is 19.6. The summed E-state index contributed by atoms with van der Waals surface area (Å²) in [5.74, 6) is -0.497. The molecule has 1 unspecified atom stereocenters. The second kappa shape index (κ2) is 12.5. The average molecular weight is 557 g/mol. The summed E-state index contributed by atoms with van der Waals surface area (Å²) in [6.45, 7) is 6.15. The van der Waals surface area contributed by atoms with Gasteiger partial charge in [-0.2, -0.15) is 4.31 Å².